The van der Waals surface area contributed by atoms with Crippen molar-refractivity contribution in [1.82, 2.24) is 5.32 Å². The van der Waals surface area contributed by atoms with Crippen molar-refractivity contribution in [3.8, 4) is 0 Å². The van der Waals surface area contributed by atoms with Crippen LogP contribution in [0.3, 0.4) is 0 Å². The number of Topliss-reactive ketones (excluding diaryl/α,β-unsaturated/α-hetero) is 1. The molecule has 1 spiro atoms. The Labute approximate surface area is 286 Å². The number of quaternary nitrogens is 1. The van der Waals surface area contributed by atoms with Gasteiger partial charge in [-0.25, -0.2) is 4.79 Å². The lowest BCUT2D eigenvalue weighted by molar-refractivity contribution is -0.737. The van der Waals surface area contributed by atoms with Crippen molar-refractivity contribution in [3.05, 3.63) is 0 Å². The highest BCUT2D eigenvalue weighted by Gasteiger charge is 2.66. The molecule has 7 fully saturated rings. The first kappa shape index (κ1) is 35.2. The summed E-state index contributed by atoms with van der Waals surface area (Å²) >= 11 is 0. The number of ether oxygens (including phenoxy) is 4. The maximum absolute atomic E-state index is 14.1. The van der Waals surface area contributed by atoms with Crippen molar-refractivity contribution in [2.75, 3.05) is 0 Å². The van der Waals surface area contributed by atoms with E-state index in [1.807, 2.05) is 20.8 Å². The number of hydrogen-bond donors (Lipinski definition) is 5. The molecule has 0 aromatic rings. The summed E-state index contributed by atoms with van der Waals surface area (Å²) in [6.07, 6.45) is 7.84. The highest BCUT2D eigenvalue weighted by molar-refractivity contribution is 5.84. The van der Waals surface area contributed by atoms with E-state index in [1.54, 1.807) is 0 Å². The second kappa shape index (κ2) is 13.4. The number of rotatable bonds is 5. The summed E-state index contributed by atoms with van der Waals surface area (Å²) in [4.78, 5) is 27.2. The minimum atomic E-state index is -0.910. The van der Waals surface area contributed by atoms with Crippen LogP contribution in [0.2, 0.25) is 0 Å². The Morgan fingerprint density at radius 3 is 2.58 bits per heavy atom. The molecule has 11 heteroatoms. The fraction of sp³-hybridized carbons (Fsp3) is 0.946. The van der Waals surface area contributed by atoms with E-state index in [1.165, 1.54) is 0 Å². The van der Waals surface area contributed by atoms with Gasteiger partial charge in [-0.3, -0.25) is 15.8 Å². The first-order valence-corrected chi connectivity index (χ1v) is 19.3. The molecule has 0 aromatic heterocycles. The Hall–Kier alpha value is -1.18. The second-order valence-corrected chi connectivity index (χ2v) is 17.8. The highest BCUT2D eigenvalue weighted by Crippen LogP contribution is 2.53. The topological polar surface area (TPSA) is 175 Å². The lowest BCUT2D eigenvalue weighted by Crippen LogP contribution is -3.00. The molecule has 11 nitrogen and oxygen atoms in total. The summed E-state index contributed by atoms with van der Waals surface area (Å²) < 4.78 is 25.6. The zero-order valence-corrected chi connectivity index (χ0v) is 29.9. The highest BCUT2D eigenvalue weighted by atomic mass is 16.7. The number of epoxide rings is 1. The standard InChI is InChI=1S/C37H62N4O7/c1-18(2)23-15-21(16-30(39)40-23)24-13-20(14-29(38)41-24)9-10-28-37(48-28)11-7-6-8-22-31-27(47-36(4,5)34(22)46-35(37)44)17-26-32(33(31)43)25(42)12-19(3)45-26/h18-24,26-34,40-41,43H,6-17,38-39H2,1-5H3/p+1/t19?,20?,21?,22-,23?,24?,26?,27?,28+,29?,30?,31?,32?,33?,34+,37-/m0/s1. The molecule has 0 radical (unpaired) electrons. The van der Waals surface area contributed by atoms with Crippen LogP contribution in [0.1, 0.15) is 112 Å². The molecule has 0 amide bonds. The average Bonchev–Trinajstić information content (AvgIpc) is 3.70. The van der Waals surface area contributed by atoms with Gasteiger partial charge in [0, 0.05) is 49.5 Å². The summed E-state index contributed by atoms with van der Waals surface area (Å²) in [7, 11) is 0. The van der Waals surface area contributed by atoms with Crippen LogP contribution < -0.4 is 22.1 Å². The van der Waals surface area contributed by atoms with Crippen LogP contribution >= 0.6 is 0 Å². The van der Waals surface area contributed by atoms with Crippen molar-refractivity contribution < 1.29 is 39.0 Å². The molecule has 7 rings (SSSR count). The third-order valence-corrected chi connectivity index (χ3v) is 13.6. The van der Waals surface area contributed by atoms with Gasteiger partial charge >= 0.3 is 5.97 Å². The van der Waals surface area contributed by atoms with Crippen molar-refractivity contribution >= 4 is 11.8 Å². The van der Waals surface area contributed by atoms with Gasteiger partial charge in [-0.15, -0.1) is 0 Å². The third-order valence-electron chi connectivity index (χ3n) is 13.6. The average molecular weight is 676 g/mol. The maximum Gasteiger partial charge on any atom is 0.341 e. The monoisotopic (exact) mass is 675 g/mol. The number of hydrogen-bond acceptors (Lipinski definition) is 10. The SMILES string of the molecule is CC1CC(=O)C2C(CC3OC(C)(C)[C@@H]4OC(=O)[C@@]5(CCCC[C@H]4C3C2O)O[C@@H]5CCC2CC(N)NC(C3CC(N)[NH2+]C(C(C)C)C3)C2)O1. The van der Waals surface area contributed by atoms with Gasteiger partial charge in [-0.05, 0) is 77.6 Å². The number of piperidine rings is 2. The first-order chi connectivity index (χ1) is 22.8. The molecule has 272 valence electrons. The Morgan fingerprint density at radius 2 is 1.81 bits per heavy atom. The summed E-state index contributed by atoms with van der Waals surface area (Å²) in [6, 6.07) is 0.907. The maximum atomic E-state index is 14.1. The normalized spacial score (nSPS) is 50.7. The Morgan fingerprint density at radius 1 is 1.02 bits per heavy atom. The van der Waals surface area contributed by atoms with Crippen LogP contribution in [0.15, 0.2) is 0 Å². The number of fused-ring (bicyclic) bond motifs is 4. The van der Waals surface area contributed by atoms with Crippen LogP contribution in [0.25, 0.3) is 0 Å². The smallest absolute Gasteiger partial charge is 0.341 e. The van der Waals surface area contributed by atoms with E-state index >= 15 is 0 Å². The Kier molecular flexibility index (Phi) is 9.85. The van der Waals surface area contributed by atoms with Crippen LogP contribution in [0, 0.1) is 35.5 Å². The molecule has 6 heterocycles. The number of carbonyl (C=O) groups excluding carboxylic acids is 2. The lowest BCUT2D eigenvalue weighted by atomic mass is 9.62. The summed E-state index contributed by atoms with van der Waals surface area (Å²) in [6.45, 7) is 10.5. The molecule has 1 saturated carbocycles. The van der Waals surface area contributed by atoms with Gasteiger partial charge in [0.15, 0.2) is 5.60 Å². The molecular weight excluding hydrogens is 612 g/mol. The minimum absolute atomic E-state index is 0.0316. The van der Waals surface area contributed by atoms with Crippen LogP contribution in [-0.2, 0) is 28.5 Å². The molecule has 6 saturated heterocycles. The molecule has 0 aromatic carbocycles. The molecule has 1 aliphatic carbocycles. The summed E-state index contributed by atoms with van der Waals surface area (Å²) in [5.41, 5.74) is 11.4. The predicted octanol–water partition coefficient (Wildman–Crippen LogP) is 1.86. The molecule has 16 atom stereocenters. The van der Waals surface area contributed by atoms with E-state index < -0.39 is 29.3 Å². The first-order valence-electron chi connectivity index (χ1n) is 19.3. The second-order valence-electron chi connectivity index (χ2n) is 17.8. The number of aliphatic hydroxyl groups excluding tert-OH is 1. The van der Waals surface area contributed by atoms with Gasteiger partial charge in [0.25, 0.3) is 0 Å². The number of nitrogens with two attached hydrogens (primary N) is 3. The number of esters is 1. The van der Waals surface area contributed by atoms with Crippen molar-refractivity contribution in [1.29, 1.82) is 0 Å². The number of nitrogens with one attached hydrogen (secondary N) is 1. The Balaban J connectivity index is 1.00. The van der Waals surface area contributed by atoms with Crippen molar-refractivity contribution in [2.24, 2.45) is 47.0 Å². The van der Waals surface area contributed by atoms with E-state index in [-0.39, 0.29) is 60.3 Å². The Bertz CT molecular complexity index is 1200. The number of ketones is 1. The van der Waals surface area contributed by atoms with Gasteiger partial charge in [0.05, 0.1) is 48.6 Å². The molecule has 12 unspecified atom stereocenters. The van der Waals surface area contributed by atoms with Crippen LogP contribution in [-0.4, -0.2) is 89.1 Å². The fourth-order valence-electron chi connectivity index (χ4n) is 11.2. The largest absolute Gasteiger partial charge is 0.457 e. The van der Waals surface area contributed by atoms with E-state index in [2.05, 4.69) is 24.5 Å². The van der Waals surface area contributed by atoms with Crippen molar-refractivity contribution in [2.45, 2.75) is 184 Å². The van der Waals surface area contributed by atoms with Gasteiger partial charge in [0.1, 0.15) is 23.7 Å². The molecule has 48 heavy (non-hydrogen) atoms. The number of aliphatic hydroxyl groups is 1. The van der Waals surface area contributed by atoms with Gasteiger partial charge in [0.2, 0.25) is 0 Å². The molecule has 7 aliphatic rings. The minimum Gasteiger partial charge on any atom is -0.457 e. The van der Waals surface area contributed by atoms with E-state index in [9.17, 15) is 14.7 Å². The van der Waals surface area contributed by atoms with Gasteiger partial charge in [-0.2, -0.15) is 0 Å². The molecule has 6 aliphatic heterocycles. The predicted molar refractivity (Wildman–Crippen MR) is 178 cm³/mol. The van der Waals surface area contributed by atoms with E-state index in [0.29, 0.717) is 49.1 Å². The lowest BCUT2D eigenvalue weighted by Gasteiger charge is -2.57. The van der Waals surface area contributed by atoms with Gasteiger partial charge in [-0.1, -0.05) is 20.3 Å². The van der Waals surface area contributed by atoms with E-state index in [4.69, 9.17) is 30.4 Å². The zero-order valence-electron chi connectivity index (χ0n) is 29.9. The molecular formula is C37H63N4O7+. The summed E-state index contributed by atoms with van der Waals surface area (Å²) in [5, 5.41) is 17.8. The van der Waals surface area contributed by atoms with Gasteiger partial charge < -0.3 is 35.1 Å². The van der Waals surface area contributed by atoms with E-state index in [0.717, 1.165) is 57.8 Å². The summed E-state index contributed by atoms with van der Waals surface area (Å²) in [5.74, 6) is 0.420. The quantitative estimate of drug-likeness (QED) is 0.214. The number of carbonyl (C=O) groups is 2. The van der Waals surface area contributed by atoms with Crippen LogP contribution in [0.5, 0.6) is 0 Å². The molecule has 8 N–H and O–H groups in total. The third kappa shape index (κ3) is 6.64. The fourth-order valence-corrected chi connectivity index (χ4v) is 11.2. The van der Waals surface area contributed by atoms with Crippen molar-refractivity contribution in [3.63, 3.8) is 0 Å². The zero-order chi connectivity index (χ0) is 34.1. The van der Waals surface area contributed by atoms with Crippen LogP contribution in [0.4, 0.5) is 0 Å². The molecule has 0 bridgehead atoms.